The molecule has 1 heterocycles. The fourth-order valence-electron chi connectivity index (χ4n) is 0.966. The number of nitrogens with two attached hydrogens (primary N) is 2. The highest BCUT2D eigenvalue weighted by Gasteiger charge is 2.28. The molecule has 0 amide bonds. The Kier molecular flexibility index (Phi) is 6.73. The molecule has 0 aliphatic carbocycles. The van der Waals surface area contributed by atoms with Crippen LogP contribution in [0.3, 0.4) is 0 Å². The number of pyridine rings is 1. The van der Waals surface area contributed by atoms with E-state index in [1.165, 1.54) is 12.3 Å². The first kappa shape index (κ1) is 16.7. The van der Waals surface area contributed by atoms with Crippen molar-refractivity contribution in [1.29, 1.82) is 0 Å². The van der Waals surface area contributed by atoms with E-state index in [0.717, 1.165) is 0 Å². The molecule has 0 atom stereocenters. The highest BCUT2D eigenvalue weighted by atomic mass is 127. The van der Waals surface area contributed by atoms with E-state index in [-0.39, 0.29) is 42.4 Å². The largest absolute Gasteiger partial charge is 0.468 e. The maximum absolute atomic E-state index is 11.9. The minimum atomic E-state index is -4.39. The Morgan fingerprint density at radius 3 is 2.61 bits per heavy atom. The minimum Gasteiger partial charge on any atom is -0.468 e. The summed E-state index contributed by atoms with van der Waals surface area (Å²) in [4.78, 5) is 7.35. The van der Waals surface area contributed by atoms with Crippen LogP contribution in [0.2, 0.25) is 0 Å². The van der Waals surface area contributed by atoms with Crippen LogP contribution in [0.15, 0.2) is 23.3 Å². The van der Waals surface area contributed by atoms with Gasteiger partial charge in [-0.25, -0.2) is 9.98 Å². The number of halogens is 4. The molecule has 0 saturated carbocycles. The number of ether oxygens (including phenoxy) is 1. The monoisotopic (exact) mass is 376 g/mol. The van der Waals surface area contributed by atoms with Crippen LogP contribution in [0.25, 0.3) is 0 Å². The van der Waals surface area contributed by atoms with Crippen LogP contribution in [-0.4, -0.2) is 23.7 Å². The van der Waals surface area contributed by atoms with Gasteiger partial charge < -0.3 is 16.2 Å². The molecule has 1 aromatic rings. The fourth-order valence-corrected chi connectivity index (χ4v) is 0.966. The van der Waals surface area contributed by atoms with E-state index < -0.39 is 12.8 Å². The highest BCUT2D eigenvalue weighted by molar-refractivity contribution is 14.0. The molecule has 102 valence electrons. The molecule has 0 aliphatic heterocycles. The van der Waals surface area contributed by atoms with Gasteiger partial charge in [0.1, 0.15) is 0 Å². The quantitative estimate of drug-likeness (QED) is 0.473. The lowest BCUT2D eigenvalue weighted by molar-refractivity contribution is -0.154. The van der Waals surface area contributed by atoms with Crippen molar-refractivity contribution in [2.45, 2.75) is 12.7 Å². The molecule has 0 aromatic carbocycles. The number of hydrogen-bond donors (Lipinski definition) is 2. The molecule has 9 heteroatoms. The van der Waals surface area contributed by atoms with Gasteiger partial charge >= 0.3 is 6.18 Å². The fraction of sp³-hybridized carbons (Fsp3) is 0.333. The Balaban J connectivity index is 0.00000289. The van der Waals surface area contributed by atoms with E-state index in [0.29, 0.717) is 5.56 Å². The normalized spacial score (nSPS) is 10.4. The summed E-state index contributed by atoms with van der Waals surface area (Å²) in [6, 6.07) is 2.92. The number of rotatable bonds is 4. The van der Waals surface area contributed by atoms with Crippen molar-refractivity contribution >= 4 is 29.9 Å². The molecule has 0 unspecified atom stereocenters. The molecule has 1 aromatic heterocycles. The van der Waals surface area contributed by atoms with Gasteiger partial charge in [-0.3, -0.25) is 0 Å². The van der Waals surface area contributed by atoms with E-state index in [1.54, 1.807) is 6.07 Å². The van der Waals surface area contributed by atoms with Gasteiger partial charge in [-0.2, -0.15) is 13.2 Å². The molecule has 4 N–H and O–H groups in total. The predicted molar refractivity (Wildman–Crippen MR) is 70.7 cm³/mol. The first-order valence-corrected chi connectivity index (χ1v) is 4.57. The molecular weight excluding hydrogens is 364 g/mol. The van der Waals surface area contributed by atoms with Gasteiger partial charge in [0.05, 0.1) is 6.54 Å². The number of nitrogens with zero attached hydrogens (tertiary/aromatic N) is 2. The summed E-state index contributed by atoms with van der Waals surface area (Å²) in [5, 5.41) is 0. The van der Waals surface area contributed by atoms with Gasteiger partial charge in [0.15, 0.2) is 12.6 Å². The number of hydrogen-bond acceptors (Lipinski definition) is 3. The van der Waals surface area contributed by atoms with Gasteiger partial charge in [-0.05, 0) is 11.6 Å². The van der Waals surface area contributed by atoms with Crippen molar-refractivity contribution in [1.82, 2.24) is 4.98 Å². The number of guanidine groups is 1. The maximum Gasteiger partial charge on any atom is 0.422 e. The maximum atomic E-state index is 11.9. The standard InChI is InChI=1S/C9H11F3N4O.HI/c10-9(11,12)5-17-7-3-6(1-2-15-7)4-16-8(13)14;/h1-3H,4-5H2,(H4,13,14,16);1H. The zero-order valence-electron chi connectivity index (χ0n) is 9.15. The summed E-state index contributed by atoms with van der Waals surface area (Å²) in [5.41, 5.74) is 10.9. The van der Waals surface area contributed by atoms with Gasteiger partial charge in [-0.1, -0.05) is 0 Å². The number of aliphatic imine (C=N–C) groups is 1. The summed E-state index contributed by atoms with van der Waals surface area (Å²) in [6.45, 7) is -1.22. The van der Waals surface area contributed by atoms with Crippen molar-refractivity contribution in [3.63, 3.8) is 0 Å². The van der Waals surface area contributed by atoms with Gasteiger partial charge in [-0.15, -0.1) is 24.0 Å². The zero-order chi connectivity index (χ0) is 12.9. The Morgan fingerprint density at radius 2 is 2.06 bits per heavy atom. The molecule has 0 saturated heterocycles. The van der Waals surface area contributed by atoms with E-state index in [4.69, 9.17) is 11.5 Å². The van der Waals surface area contributed by atoms with E-state index in [2.05, 4.69) is 14.7 Å². The molecule has 0 fully saturated rings. The Morgan fingerprint density at radius 1 is 1.39 bits per heavy atom. The van der Waals surface area contributed by atoms with E-state index in [9.17, 15) is 13.2 Å². The molecule has 5 nitrogen and oxygen atoms in total. The Hall–Kier alpha value is -1.26. The smallest absolute Gasteiger partial charge is 0.422 e. The Labute approximate surface area is 118 Å². The second-order valence-electron chi connectivity index (χ2n) is 3.15. The molecule has 0 bridgehead atoms. The zero-order valence-corrected chi connectivity index (χ0v) is 11.5. The molecule has 18 heavy (non-hydrogen) atoms. The van der Waals surface area contributed by atoms with Gasteiger partial charge in [0, 0.05) is 12.3 Å². The summed E-state index contributed by atoms with van der Waals surface area (Å²) >= 11 is 0. The predicted octanol–water partition coefficient (Wildman–Crippen LogP) is 1.41. The van der Waals surface area contributed by atoms with Crippen LogP contribution in [-0.2, 0) is 6.54 Å². The average molecular weight is 376 g/mol. The highest BCUT2D eigenvalue weighted by Crippen LogP contribution is 2.17. The lowest BCUT2D eigenvalue weighted by Crippen LogP contribution is -2.22. The minimum absolute atomic E-state index is 0. The SMILES string of the molecule is I.NC(N)=NCc1ccnc(OCC(F)(F)F)c1. The molecule has 1 rings (SSSR count). The first-order valence-electron chi connectivity index (χ1n) is 4.57. The third kappa shape index (κ3) is 7.14. The summed E-state index contributed by atoms with van der Waals surface area (Å²) in [5.74, 6) is -0.217. The van der Waals surface area contributed by atoms with Gasteiger partial charge in [0.25, 0.3) is 0 Å². The third-order valence-corrected chi connectivity index (χ3v) is 1.63. The molecular formula is C9H12F3IN4O. The Bertz CT molecular complexity index is 407. The van der Waals surface area contributed by atoms with Gasteiger partial charge in [0.2, 0.25) is 5.88 Å². The van der Waals surface area contributed by atoms with Crippen molar-refractivity contribution < 1.29 is 17.9 Å². The van der Waals surface area contributed by atoms with Crippen LogP contribution < -0.4 is 16.2 Å². The second-order valence-corrected chi connectivity index (χ2v) is 3.15. The molecule has 0 aliphatic rings. The lowest BCUT2D eigenvalue weighted by atomic mass is 10.3. The van der Waals surface area contributed by atoms with Crippen molar-refractivity contribution in [2.24, 2.45) is 16.5 Å². The first-order chi connectivity index (χ1) is 7.87. The van der Waals surface area contributed by atoms with Crippen LogP contribution in [0.5, 0.6) is 5.88 Å². The number of alkyl halides is 3. The van der Waals surface area contributed by atoms with Crippen molar-refractivity contribution in [3.05, 3.63) is 23.9 Å². The van der Waals surface area contributed by atoms with Crippen LogP contribution in [0.4, 0.5) is 13.2 Å². The summed E-state index contributed by atoms with van der Waals surface area (Å²) in [7, 11) is 0. The van der Waals surface area contributed by atoms with Crippen LogP contribution in [0, 0.1) is 0 Å². The summed E-state index contributed by atoms with van der Waals surface area (Å²) in [6.07, 6.45) is -3.07. The van der Waals surface area contributed by atoms with Crippen molar-refractivity contribution in [3.8, 4) is 5.88 Å². The van der Waals surface area contributed by atoms with E-state index in [1.807, 2.05) is 0 Å². The van der Waals surface area contributed by atoms with Crippen molar-refractivity contribution in [2.75, 3.05) is 6.61 Å². The van der Waals surface area contributed by atoms with Crippen LogP contribution >= 0.6 is 24.0 Å². The number of aromatic nitrogens is 1. The second kappa shape index (κ2) is 7.24. The lowest BCUT2D eigenvalue weighted by Gasteiger charge is -2.08. The van der Waals surface area contributed by atoms with E-state index >= 15 is 0 Å². The molecule has 0 spiro atoms. The molecule has 0 radical (unpaired) electrons. The summed E-state index contributed by atoms with van der Waals surface area (Å²) < 4.78 is 40.1. The third-order valence-electron chi connectivity index (χ3n) is 1.63. The topological polar surface area (TPSA) is 86.5 Å². The van der Waals surface area contributed by atoms with Crippen LogP contribution in [0.1, 0.15) is 5.56 Å². The average Bonchev–Trinajstić information content (AvgIpc) is 2.23.